The van der Waals surface area contributed by atoms with Crippen LogP contribution >= 0.6 is 0 Å². The molecule has 2 atom stereocenters. The molecule has 1 saturated heterocycles. The van der Waals surface area contributed by atoms with Gasteiger partial charge in [-0.05, 0) is 30.4 Å². The Kier molecular flexibility index (Phi) is 5.11. The molecule has 0 bridgehead atoms. The number of rotatable bonds is 4. The van der Waals surface area contributed by atoms with Gasteiger partial charge in [-0.3, -0.25) is 0 Å². The van der Waals surface area contributed by atoms with Crippen LogP contribution in [0, 0.1) is 12.8 Å². The monoisotopic (exact) mass is 324 g/mol. The minimum atomic E-state index is -2.99. The van der Waals surface area contributed by atoms with Gasteiger partial charge in [0.1, 0.15) is 0 Å². The van der Waals surface area contributed by atoms with E-state index in [2.05, 4.69) is 24.5 Å². The lowest BCUT2D eigenvalue weighted by Crippen LogP contribution is -2.45. The summed E-state index contributed by atoms with van der Waals surface area (Å²) in [6.07, 6.45) is 0.493. The van der Waals surface area contributed by atoms with Gasteiger partial charge in [-0.25, -0.2) is 13.2 Å². The van der Waals surface area contributed by atoms with Gasteiger partial charge in [0.05, 0.1) is 17.5 Å². The molecule has 0 radical (unpaired) electrons. The van der Waals surface area contributed by atoms with Gasteiger partial charge < -0.3 is 10.6 Å². The molecular weight excluding hydrogens is 300 g/mol. The van der Waals surface area contributed by atoms with Gasteiger partial charge in [-0.2, -0.15) is 0 Å². The van der Waals surface area contributed by atoms with Gasteiger partial charge in [0.25, 0.3) is 0 Å². The van der Waals surface area contributed by atoms with E-state index in [4.69, 9.17) is 0 Å². The Labute approximate surface area is 132 Å². The van der Waals surface area contributed by atoms with Crippen LogP contribution < -0.4 is 10.6 Å². The Hall–Kier alpha value is -1.56. The molecule has 2 N–H and O–H groups in total. The van der Waals surface area contributed by atoms with Crippen LogP contribution in [0.5, 0.6) is 0 Å². The first-order valence-electron chi connectivity index (χ1n) is 7.61. The molecule has 1 aromatic rings. The van der Waals surface area contributed by atoms with Crippen LogP contribution in [0.25, 0.3) is 0 Å². The average molecular weight is 324 g/mol. The minimum absolute atomic E-state index is 0.0388. The van der Waals surface area contributed by atoms with E-state index in [9.17, 15) is 13.2 Å². The largest absolute Gasteiger partial charge is 0.334 e. The van der Waals surface area contributed by atoms with Gasteiger partial charge in [0, 0.05) is 6.04 Å². The molecule has 1 aromatic carbocycles. The lowest BCUT2D eigenvalue weighted by Gasteiger charge is -2.25. The highest BCUT2D eigenvalue weighted by atomic mass is 32.2. The summed E-state index contributed by atoms with van der Waals surface area (Å²) < 4.78 is 22.9. The average Bonchev–Trinajstić information content (AvgIpc) is 2.76. The van der Waals surface area contributed by atoms with Crippen LogP contribution in [-0.4, -0.2) is 32.0 Å². The number of hydrogen-bond acceptors (Lipinski definition) is 3. The third-order valence-electron chi connectivity index (χ3n) is 4.04. The number of benzene rings is 1. The van der Waals surface area contributed by atoms with Crippen molar-refractivity contribution in [3.63, 3.8) is 0 Å². The van der Waals surface area contributed by atoms with E-state index in [-0.39, 0.29) is 35.5 Å². The molecule has 1 heterocycles. The summed E-state index contributed by atoms with van der Waals surface area (Å²) in [5.41, 5.74) is 2.22. The predicted octanol–water partition coefficient (Wildman–Crippen LogP) is 2.18. The van der Waals surface area contributed by atoms with Crippen LogP contribution in [-0.2, 0) is 9.84 Å². The van der Waals surface area contributed by atoms with Crippen molar-refractivity contribution in [2.24, 2.45) is 5.92 Å². The van der Waals surface area contributed by atoms with E-state index in [0.717, 1.165) is 11.1 Å². The summed E-state index contributed by atoms with van der Waals surface area (Å²) in [7, 11) is -2.99. The highest BCUT2D eigenvalue weighted by molar-refractivity contribution is 7.91. The lowest BCUT2D eigenvalue weighted by molar-refractivity contribution is 0.230. The fourth-order valence-corrected chi connectivity index (χ4v) is 4.49. The molecule has 122 valence electrons. The number of aryl methyl sites for hydroxylation is 1. The SMILES string of the molecule is Cc1ccccc1[C@H](NC(=O)N[C@@H]1CCS(=O)(=O)C1)C(C)C. The van der Waals surface area contributed by atoms with E-state index in [1.807, 2.05) is 31.2 Å². The second-order valence-corrected chi connectivity index (χ2v) is 8.52. The summed E-state index contributed by atoms with van der Waals surface area (Å²) >= 11 is 0. The molecule has 0 saturated carbocycles. The molecule has 0 spiro atoms. The fourth-order valence-electron chi connectivity index (χ4n) is 2.82. The number of carbonyl (C=O) groups excluding carboxylic acids is 1. The summed E-state index contributed by atoms with van der Waals surface area (Å²) in [4.78, 5) is 12.2. The lowest BCUT2D eigenvalue weighted by atomic mass is 9.93. The van der Waals surface area contributed by atoms with Gasteiger partial charge in [0.15, 0.2) is 9.84 Å². The highest BCUT2D eigenvalue weighted by Gasteiger charge is 2.29. The first-order chi connectivity index (χ1) is 10.3. The topological polar surface area (TPSA) is 75.3 Å². The molecular formula is C16H24N2O3S. The summed E-state index contributed by atoms with van der Waals surface area (Å²) in [5, 5.41) is 5.76. The zero-order valence-corrected chi connectivity index (χ0v) is 14.1. The molecule has 1 fully saturated rings. The van der Waals surface area contributed by atoms with Crippen LogP contribution in [0.2, 0.25) is 0 Å². The molecule has 0 aliphatic carbocycles. The van der Waals surface area contributed by atoms with E-state index in [1.165, 1.54) is 0 Å². The van der Waals surface area contributed by atoms with E-state index < -0.39 is 9.84 Å². The Bertz CT molecular complexity index is 641. The zero-order valence-electron chi connectivity index (χ0n) is 13.3. The molecule has 1 aliphatic heterocycles. The highest BCUT2D eigenvalue weighted by Crippen LogP contribution is 2.24. The number of nitrogens with one attached hydrogen (secondary N) is 2. The minimum Gasteiger partial charge on any atom is -0.334 e. The number of hydrogen-bond donors (Lipinski definition) is 2. The van der Waals surface area contributed by atoms with Gasteiger partial charge >= 0.3 is 6.03 Å². The fraction of sp³-hybridized carbons (Fsp3) is 0.562. The van der Waals surface area contributed by atoms with Gasteiger partial charge in [0.2, 0.25) is 0 Å². The third kappa shape index (κ3) is 4.22. The number of amides is 2. The second-order valence-electron chi connectivity index (χ2n) is 6.30. The van der Waals surface area contributed by atoms with Crippen LogP contribution in [0.15, 0.2) is 24.3 Å². The maximum atomic E-state index is 12.2. The number of sulfone groups is 1. The van der Waals surface area contributed by atoms with E-state index >= 15 is 0 Å². The zero-order chi connectivity index (χ0) is 16.3. The molecule has 0 aromatic heterocycles. The molecule has 2 amide bonds. The molecule has 2 rings (SSSR count). The normalized spacial score (nSPS) is 21.5. The number of urea groups is 1. The maximum absolute atomic E-state index is 12.2. The first kappa shape index (κ1) is 16.8. The maximum Gasteiger partial charge on any atom is 0.315 e. The Morgan fingerprint density at radius 3 is 2.50 bits per heavy atom. The molecule has 0 unspecified atom stereocenters. The van der Waals surface area contributed by atoms with Crippen molar-refractivity contribution in [2.45, 2.75) is 39.3 Å². The Morgan fingerprint density at radius 1 is 1.27 bits per heavy atom. The van der Waals surface area contributed by atoms with Crippen molar-refractivity contribution < 1.29 is 13.2 Å². The molecule has 5 nitrogen and oxygen atoms in total. The standard InChI is InChI=1S/C16H24N2O3S/c1-11(2)15(14-7-5-4-6-12(14)3)18-16(19)17-13-8-9-22(20,21)10-13/h4-7,11,13,15H,8-10H2,1-3H3,(H2,17,18,19)/t13-,15-/m1/s1. The van der Waals surface area contributed by atoms with Crippen molar-refractivity contribution >= 4 is 15.9 Å². The van der Waals surface area contributed by atoms with Gasteiger partial charge in [-0.1, -0.05) is 38.1 Å². The van der Waals surface area contributed by atoms with Crippen LogP contribution in [0.3, 0.4) is 0 Å². The smallest absolute Gasteiger partial charge is 0.315 e. The van der Waals surface area contributed by atoms with Crippen molar-refractivity contribution in [1.82, 2.24) is 10.6 Å². The van der Waals surface area contributed by atoms with Crippen molar-refractivity contribution in [1.29, 1.82) is 0 Å². The first-order valence-corrected chi connectivity index (χ1v) is 9.43. The molecule has 6 heteroatoms. The van der Waals surface area contributed by atoms with Crippen molar-refractivity contribution in [3.8, 4) is 0 Å². The summed E-state index contributed by atoms with van der Waals surface area (Å²) in [6.45, 7) is 6.13. The Balaban J connectivity index is 2.03. The van der Waals surface area contributed by atoms with Crippen LogP contribution in [0.1, 0.15) is 37.4 Å². The second kappa shape index (κ2) is 6.69. The van der Waals surface area contributed by atoms with Crippen molar-refractivity contribution in [2.75, 3.05) is 11.5 Å². The molecule has 1 aliphatic rings. The molecule has 22 heavy (non-hydrogen) atoms. The van der Waals surface area contributed by atoms with Gasteiger partial charge in [-0.15, -0.1) is 0 Å². The van der Waals surface area contributed by atoms with Crippen LogP contribution in [0.4, 0.5) is 4.79 Å². The quantitative estimate of drug-likeness (QED) is 0.891. The Morgan fingerprint density at radius 2 is 1.95 bits per heavy atom. The summed E-state index contributed by atoms with van der Waals surface area (Å²) in [5.74, 6) is 0.430. The number of carbonyl (C=O) groups is 1. The summed E-state index contributed by atoms with van der Waals surface area (Å²) in [6, 6.07) is 7.28. The predicted molar refractivity (Wildman–Crippen MR) is 87.5 cm³/mol. The van der Waals surface area contributed by atoms with E-state index in [0.29, 0.717) is 6.42 Å². The third-order valence-corrected chi connectivity index (χ3v) is 5.81. The van der Waals surface area contributed by atoms with Crippen molar-refractivity contribution in [3.05, 3.63) is 35.4 Å². The van der Waals surface area contributed by atoms with E-state index in [1.54, 1.807) is 0 Å².